The lowest BCUT2D eigenvalue weighted by Gasteiger charge is -2.31. The molecule has 0 N–H and O–H groups in total. The maximum absolute atomic E-state index is 14.9. The molecule has 1 aliphatic carbocycles. The third kappa shape index (κ3) is 6.32. The molecule has 0 bridgehead atoms. The van der Waals surface area contributed by atoms with E-state index < -0.39 is 0 Å². The second kappa shape index (κ2) is 11.8. The van der Waals surface area contributed by atoms with Gasteiger partial charge in [0.2, 0.25) is 5.91 Å². The summed E-state index contributed by atoms with van der Waals surface area (Å²) in [6.07, 6.45) is 7.88. The van der Waals surface area contributed by atoms with Gasteiger partial charge in [-0.05, 0) is 86.3 Å². The first kappa shape index (κ1) is 25.3. The van der Waals surface area contributed by atoms with E-state index in [2.05, 4.69) is 6.08 Å². The molecule has 2 amide bonds. The molecule has 2 aromatic rings. The molecule has 196 valence electrons. The van der Waals surface area contributed by atoms with E-state index >= 15 is 0 Å². The summed E-state index contributed by atoms with van der Waals surface area (Å²) in [6.45, 7) is 3.38. The number of likely N-dealkylation sites (tertiary alicyclic amines) is 2. The van der Waals surface area contributed by atoms with Crippen LogP contribution in [0, 0.1) is 17.7 Å². The molecule has 1 unspecified atom stereocenters. The Balaban J connectivity index is 1.08. The second-order valence-electron chi connectivity index (χ2n) is 10.3. The summed E-state index contributed by atoms with van der Waals surface area (Å²) in [4.78, 5) is 28.7. The Bertz CT molecular complexity index is 1120. The number of allylic oxidation sites excluding steroid dienone is 2. The zero-order chi connectivity index (χ0) is 25.6. The zero-order valence-electron chi connectivity index (χ0n) is 21.2. The summed E-state index contributed by atoms with van der Waals surface area (Å²) in [7, 11) is 0. The Morgan fingerprint density at radius 3 is 2.35 bits per heavy atom. The van der Waals surface area contributed by atoms with E-state index in [4.69, 9.17) is 9.47 Å². The van der Waals surface area contributed by atoms with Crippen molar-refractivity contribution in [1.29, 1.82) is 0 Å². The molecule has 1 atom stereocenters. The van der Waals surface area contributed by atoms with E-state index in [0.29, 0.717) is 25.4 Å². The Kier molecular flexibility index (Phi) is 8.07. The van der Waals surface area contributed by atoms with Gasteiger partial charge in [-0.1, -0.05) is 30.3 Å². The highest BCUT2D eigenvalue weighted by Gasteiger charge is 2.28. The number of benzene rings is 2. The lowest BCUT2D eigenvalue weighted by atomic mass is 9.86. The molecule has 0 radical (unpaired) electrons. The smallest absolute Gasteiger partial charge is 0.415 e. The summed E-state index contributed by atoms with van der Waals surface area (Å²) in [6, 6.07) is 14.2. The average Bonchev–Trinajstić information content (AvgIpc) is 3.48. The van der Waals surface area contributed by atoms with Crippen molar-refractivity contribution in [1.82, 2.24) is 9.80 Å². The molecule has 2 fully saturated rings. The molecular weight excluding hydrogens is 471 g/mol. The van der Waals surface area contributed by atoms with Crippen LogP contribution in [0.15, 0.2) is 54.6 Å². The molecule has 0 aromatic heterocycles. The van der Waals surface area contributed by atoms with E-state index in [1.165, 1.54) is 0 Å². The molecule has 0 spiro atoms. The number of nitrogens with zero attached hydrogens (tertiary/aromatic N) is 2. The van der Waals surface area contributed by atoms with Gasteiger partial charge in [0.15, 0.2) is 11.6 Å². The van der Waals surface area contributed by atoms with Crippen molar-refractivity contribution in [2.75, 3.05) is 32.8 Å². The van der Waals surface area contributed by atoms with E-state index in [0.717, 1.165) is 69.2 Å². The maximum Gasteiger partial charge on any atom is 0.415 e. The van der Waals surface area contributed by atoms with Gasteiger partial charge in [0, 0.05) is 32.1 Å². The van der Waals surface area contributed by atoms with E-state index in [9.17, 15) is 14.0 Å². The minimum atomic E-state index is -0.363. The first-order chi connectivity index (χ1) is 18.1. The number of carbonyl (C=O) groups excluding carboxylic acids is 2. The lowest BCUT2D eigenvalue weighted by Crippen LogP contribution is -2.41. The fraction of sp³-hybridized carbons (Fsp3) is 0.467. The highest BCUT2D eigenvalue weighted by molar-refractivity contribution is 5.81. The zero-order valence-corrected chi connectivity index (χ0v) is 21.2. The fourth-order valence-electron chi connectivity index (χ4n) is 5.48. The number of para-hydroxylation sites is 1. The SMILES string of the molecule is O=C(Oc1ccccc1)N1CCC(COc2ccc(C3=CCC(C(=O)N4CCCC4)CC3)cc2F)CC1. The number of hydrogen-bond donors (Lipinski definition) is 0. The van der Waals surface area contributed by atoms with Crippen LogP contribution in [0.2, 0.25) is 0 Å². The molecule has 2 saturated heterocycles. The van der Waals surface area contributed by atoms with Crippen molar-refractivity contribution in [2.24, 2.45) is 11.8 Å². The predicted molar refractivity (Wildman–Crippen MR) is 140 cm³/mol. The maximum atomic E-state index is 14.9. The number of piperidine rings is 1. The second-order valence-corrected chi connectivity index (χ2v) is 10.3. The van der Waals surface area contributed by atoms with Crippen LogP contribution < -0.4 is 9.47 Å². The number of ether oxygens (including phenoxy) is 2. The standard InChI is InChI=1S/C30H35FN2O4/c31-27-20-25(23-8-10-24(11-9-23)29(34)32-16-4-5-17-32)12-13-28(27)36-21-22-14-18-33(19-15-22)30(35)37-26-6-2-1-3-7-26/h1-3,6-8,12-13,20,22,24H,4-5,9-11,14-19,21H2. The van der Waals surface area contributed by atoms with Gasteiger partial charge in [0.25, 0.3) is 0 Å². The molecule has 2 aromatic carbocycles. The van der Waals surface area contributed by atoms with Crippen LogP contribution in [-0.4, -0.2) is 54.6 Å². The molecule has 5 rings (SSSR count). The minimum absolute atomic E-state index is 0.0564. The summed E-state index contributed by atoms with van der Waals surface area (Å²) >= 11 is 0. The molecule has 7 heteroatoms. The van der Waals surface area contributed by atoms with Gasteiger partial charge in [-0.3, -0.25) is 4.79 Å². The average molecular weight is 507 g/mol. The van der Waals surface area contributed by atoms with Crippen LogP contribution in [-0.2, 0) is 4.79 Å². The van der Waals surface area contributed by atoms with Gasteiger partial charge in [0.05, 0.1) is 6.61 Å². The molecule has 2 heterocycles. The van der Waals surface area contributed by atoms with Crippen molar-refractivity contribution in [3.05, 3.63) is 66.0 Å². The number of hydrogen-bond acceptors (Lipinski definition) is 4. The highest BCUT2D eigenvalue weighted by atomic mass is 19.1. The number of carbonyl (C=O) groups is 2. The van der Waals surface area contributed by atoms with Gasteiger partial charge in [-0.15, -0.1) is 0 Å². The van der Waals surface area contributed by atoms with Crippen LogP contribution in [0.5, 0.6) is 11.5 Å². The topological polar surface area (TPSA) is 59.1 Å². The Hall–Kier alpha value is -3.35. The van der Waals surface area contributed by atoms with Gasteiger partial charge in [-0.2, -0.15) is 0 Å². The third-order valence-corrected chi connectivity index (χ3v) is 7.78. The Morgan fingerprint density at radius 2 is 1.68 bits per heavy atom. The molecule has 6 nitrogen and oxygen atoms in total. The molecular formula is C30H35FN2O4. The summed E-state index contributed by atoms with van der Waals surface area (Å²) in [5.41, 5.74) is 1.97. The van der Waals surface area contributed by atoms with Gasteiger partial charge in [-0.25, -0.2) is 9.18 Å². The first-order valence-electron chi connectivity index (χ1n) is 13.5. The number of halogens is 1. The third-order valence-electron chi connectivity index (χ3n) is 7.78. The molecule has 0 saturated carbocycles. The quantitative estimate of drug-likeness (QED) is 0.488. The van der Waals surface area contributed by atoms with Crippen LogP contribution in [0.4, 0.5) is 9.18 Å². The van der Waals surface area contributed by atoms with Crippen LogP contribution >= 0.6 is 0 Å². The van der Waals surface area contributed by atoms with Gasteiger partial charge < -0.3 is 19.3 Å². The predicted octanol–water partition coefficient (Wildman–Crippen LogP) is 5.92. The molecule has 2 aliphatic heterocycles. The van der Waals surface area contributed by atoms with Crippen molar-refractivity contribution in [3.63, 3.8) is 0 Å². The number of rotatable bonds is 6. The van der Waals surface area contributed by atoms with E-state index in [1.807, 2.05) is 29.2 Å². The normalized spacial score (nSPS) is 20.5. The van der Waals surface area contributed by atoms with Gasteiger partial charge >= 0.3 is 6.09 Å². The molecule has 3 aliphatic rings. The highest BCUT2D eigenvalue weighted by Crippen LogP contribution is 2.33. The van der Waals surface area contributed by atoms with E-state index in [-0.39, 0.29) is 35.4 Å². The van der Waals surface area contributed by atoms with Gasteiger partial charge in [0.1, 0.15) is 5.75 Å². The van der Waals surface area contributed by atoms with Crippen molar-refractivity contribution >= 4 is 17.6 Å². The summed E-state index contributed by atoms with van der Waals surface area (Å²) < 4.78 is 26.1. The van der Waals surface area contributed by atoms with Crippen LogP contribution in [0.3, 0.4) is 0 Å². The number of amides is 2. The summed E-state index contributed by atoms with van der Waals surface area (Å²) in [5, 5.41) is 0. The lowest BCUT2D eigenvalue weighted by molar-refractivity contribution is -0.134. The molecule has 37 heavy (non-hydrogen) atoms. The monoisotopic (exact) mass is 506 g/mol. The summed E-state index contributed by atoms with van der Waals surface area (Å²) in [5.74, 6) is 1.02. The Labute approximate surface area is 218 Å². The minimum Gasteiger partial charge on any atom is -0.490 e. The fourth-order valence-corrected chi connectivity index (χ4v) is 5.48. The largest absolute Gasteiger partial charge is 0.490 e. The van der Waals surface area contributed by atoms with Crippen molar-refractivity contribution < 1.29 is 23.5 Å². The van der Waals surface area contributed by atoms with Crippen LogP contribution in [0.25, 0.3) is 5.57 Å². The van der Waals surface area contributed by atoms with Crippen LogP contribution in [0.1, 0.15) is 50.5 Å². The first-order valence-corrected chi connectivity index (χ1v) is 13.5. The van der Waals surface area contributed by atoms with Crippen molar-refractivity contribution in [3.8, 4) is 11.5 Å². The van der Waals surface area contributed by atoms with E-state index in [1.54, 1.807) is 29.2 Å². The Morgan fingerprint density at radius 1 is 0.919 bits per heavy atom. The van der Waals surface area contributed by atoms with Crippen molar-refractivity contribution in [2.45, 2.75) is 44.9 Å².